The number of hydrogen-bond acceptors (Lipinski definition) is 0. The number of rotatable bonds is 2. The Morgan fingerprint density at radius 1 is 0.842 bits per heavy atom. The van der Waals surface area contributed by atoms with Crippen LogP contribution in [0.5, 0.6) is 0 Å². The van der Waals surface area contributed by atoms with E-state index in [-0.39, 0.29) is 0 Å². The van der Waals surface area contributed by atoms with Crippen LogP contribution in [0.15, 0.2) is 59.6 Å². The summed E-state index contributed by atoms with van der Waals surface area (Å²) in [6.45, 7) is 0. The average Bonchev–Trinajstić information content (AvgIpc) is 2.40. The number of halogens is 4. The standard InChI is InChI=1S/C15H10BrF3/c16-10-14(11-4-2-1-3-5-11)12-6-8-13(9-7-12)15(17,18)19/h1-10H/b14-10+. The van der Waals surface area contributed by atoms with Crippen molar-refractivity contribution in [3.8, 4) is 0 Å². The molecule has 0 aromatic heterocycles. The predicted molar refractivity (Wildman–Crippen MR) is 73.9 cm³/mol. The lowest BCUT2D eigenvalue weighted by atomic mass is 9.98. The Morgan fingerprint density at radius 2 is 1.37 bits per heavy atom. The second-order valence-corrected chi connectivity index (χ2v) is 4.42. The molecule has 0 atom stereocenters. The van der Waals surface area contributed by atoms with Crippen molar-refractivity contribution in [2.45, 2.75) is 6.18 Å². The van der Waals surface area contributed by atoms with Crippen molar-refractivity contribution in [1.29, 1.82) is 0 Å². The highest BCUT2D eigenvalue weighted by atomic mass is 79.9. The fraction of sp³-hybridized carbons (Fsp3) is 0.0667. The molecule has 0 saturated heterocycles. The first-order valence-corrected chi connectivity index (χ1v) is 6.47. The lowest BCUT2D eigenvalue weighted by Gasteiger charge is -2.10. The molecule has 4 heteroatoms. The van der Waals surface area contributed by atoms with E-state index in [1.165, 1.54) is 12.1 Å². The van der Waals surface area contributed by atoms with E-state index in [2.05, 4.69) is 15.9 Å². The van der Waals surface area contributed by atoms with Crippen molar-refractivity contribution in [1.82, 2.24) is 0 Å². The highest BCUT2D eigenvalue weighted by molar-refractivity contribution is 9.11. The SMILES string of the molecule is FC(F)(F)c1ccc(/C(=C/Br)c2ccccc2)cc1. The molecule has 19 heavy (non-hydrogen) atoms. The smallest absolute Gasteiger partial charge is 0.166 e. The molecular weight excluding hydrogens is 317 g/mol. The van der Waals surface area contributed by atoms with E-state index >= 15 is 0 Å². The van der Waals surface area contributed by atoms with Crippen molar-refractivity contribution < 1.29 is 13.2 Å². The second kappa shape index (κ2) is 5.61. The molecule has 2 aromatic carbocycles. The van der Waals surface area contributed by atoms with Crippen LogP contribution in [-0.4, -0.2) is 0 Å². The molecule has 0 fully saturated rings. The minimum absolute atomic E-state index is 0.641. The van der Waals surface area contributed by atoms with Crippen molar-refractivity contribution in [3.05, 3.63) is 76.3 Å². The second-order valence-electron chi connectivity index (χ2n) is 3.96. The van der Waals surface area contributed by atoms with E-state index in [4.69, 9.17) is 0 Å². The summed E-state index contributed by atoms with van der Waals surface area (Å²) in [4.78, 5) is 1.71. The first-order valence-electron chi connectivity index (χ1n) is 5.56. The van der Waals surface area contributed by atoms with Gasteiger partial charge in [0, 0.05) is 0 Å². The lowest BCUT2D eigenvalue weighted by Crippen LogP contribution is -2.04. The molecule has 0 N–H and O–H groups in total. The van der Waals surface area contributed by atoms with Crippen LogP contribution in [0, 0.1) is 0 Å². The van der Waals surface area contributed by atoms with Crippen molar-refractivity contribution in [2.24, 2.45) is 0 Å². The third-order valence-electron chi connectivity index (χ3n) is 2.72. The third kappa shape index (κ3) is 3.26. The Labute approximate surface area is 117 Å². The summed E-state index contributed by atoms with van der Waals surface area (Å²) in [5.41, 5.74) is 1.88. The Hall–Kier alpha value is -1.55. The zero-order chi connectivity index (χ0) is 13.9. The largest absolute Gasteiger partial charge is 0.416 e. The minimum atomic E-state index is -4.30. The van der Waals surface area contributed by atoms with Gasteiger partial charge in [0.25, 0.3) is 0 Å². The molecule has 2 aromatic rings. The fourth-order valence-corrected chi connectivity index (χ4v) is 2.28. The molecule has 0 bridgehead atoms. The topological polar surface area (TPSA) is 0 Å². The highest BCUT2D eigenvalue weighted by Crippen LogP contribution is 2.31. The van der Waals surface area contributed by atoms with Crippen molar-refractivity contribution in [2.75, 3.05) is 0 Å². The quantitative estimate of drug-likeness (QED) is 0.684. The van der Waals surface area contributed by atoms with Crippen LogP contribution >= 0.6 is 15.9 Å². The molecule has 0 aliphatic heterocycles. The first-order chi connectivity index (χ1) is 9.02. The molecule has 0 heterocycles. The Kier molecular flexibility index (Phi) is 4.10. The van der Waals surface area contributed by atoms with Gasteiger partial charge in [-0.2, -0.15) is 13.2 Å². The van der Waals surface area contributed by atoms with E-state index < -0.39 is 11.7 Å². The molecule has 0 aliphatic rings. The van der Waals surface area contributed by atoms with Gasteiger partial charge in [-0.25, -0.2) is 0 Å². The summed E-state index contributed by atoms with van der Waals surface area (Å²) in [5.74, 6) is 0. The maximum atomic E-state index is 12.5. The van der Waals surface area contributed by atoms with Gasteiger partial charge in [0.15, 0.2) is 0 Å². The molecule has 0 nitrogen and oxygen atoms in total. The number of alkyl halides is 3. The van der Waals surface area contributed by atoms with Gasteiger partial charge in [-0.05, 0) is 33.8 Å². The summed E-state index contributed by atoms with van der Waals surface area (Å²) < 4.78 is 37.5. The van der Waals surface area contributed by atoms with Crippen LogP contribution in [0.4, 0.5) is 13.2 Å². The lowest BCUT2D eigenvalue weighted by molar-refractivity contribution is -0.137. The summed E-state index contributed by atoms with van der Waals surface area (Å²) in [6.07, 6.45) is -4.30. The Bertz CT molecular complexity index is 569. The number of benzene rings is 2. The molecular formula is C15H10BrF3. The van der Waals surface area contributed by atoms with Gasteiger partial charge in [-0.1, -0.05) is 58.4 Å². The average molecular weight is 327 g/mol. The molecule has 0 aliphatic carbocycles. The Balaban J connectivity index is 2.37. The summed E-state index contributed by atoms with van der Waals surface area (Å²) in [5, 5.41) is 0. The Morgan fingerprint density at radius 3 is 1.84 bits per heavy atom. The van der Waals surface area contributed by atoms with Gasteiger partial charge in [-0.15, -0.1) is 0 Å². The molecule has 98 valence electrons. The molecule has 0 spiro atoms. The van der Waals surface area contributed by atoms with Crippen LogP contribution in [0.1, 0.15) is 16.7 Å². The van der Waals surface area contributed by atoms with Crippen LogP contribution in [0.25, 0.3) is 5.57 Å². The van der Waals surface area contributed by atoms with Gasteiger partial charge in [0.05, 0.1) is 5.56 Å². The molecule has 0 radical (unpaired) electrons. The maximum absolute atomic E-state index is 12.5. The maximum Gasteiger partial charge on any atom is 0.416 e. The fourth-order valence-electron chi connectivity index (χ4n) is 1.75. The van der Waals surface area contributed by atoms with Crippen LogP contribution in [-0.2, 0) is 6.18 Å². The zero-order valence-corrected chi connectivity index (χ0v) is 11.4. The van der Waals surface area contributed by atoms with Gasteiger partial charge in [0.2, 0.25) is 0 Å². The zero-order valence-electron chi connectivity index (χ0n) is 9.79. The summed E-state index contributed by atoms with van der Waals surface area (Å²) in [7, 11) is 0. The van der Waals surface area contributed by atoms with Gasteiger partial charge >= 0.3 is 6.18 Å². The monoisotopic (exact) mass is 326 g/mol. The van der Waals surface area contributed by atoms with Gasteiger partial charge in [0.1, 0.15) is 0 Å². The van der Waals surface area contributed by atoms with Gasteiger partial charge in [-0.3, -0.25) is 0 Å². The summed E-state index contributed by atoms with van der Waals surface area (Å²) in [6, 6.07) is 14.6. The van der Waals surface area contributed by atoms with E-state index in [1.807, 2.05) is 30.3 Å². The molecule has 0 amide bonds. The molecule has 2 rings (SSSR count). The van der Waals surface area contributed by atoms with Crippen LogP contribution < -0.4 is 0 Å². The van der Waals surface area contributed by atoms with E-state index in [0.29, 0.717) is 0 Å². The highest BCUT2D eigenvalue weighted by Gasteiger charge is 2.30. The van der Waals surface area contributed by atoms with E-state index in [1.54, 1.807) is 4.99 Å². The molecule has 0 saturated carbocycles. The van der Waals surface area contributed by atoms with Gasteiger partial charge < -0.3 is 0 Å². The van der Waals surface area contributed by atoms with Crippen LogP contribution in [0.3, 0.4) is 0 Å². The minimum Gasteiger partial charge on any atom is -0.166 e. The van der Waals surface area contributed by atoms with E-state index in [9.17, 15) is 13.2 Å². The predicted octanol–water partition coefficient (Wildman–Crippen LogP) is 5.49. The molecule has 0 unspecified atom stereocenters. The first kappa shape index (κ1) is 13.9. The van der Waals surface area contributed by atoms with E-state index in [0.717, 1.165) is 28.8 Å². The normalized spacial score (nSPS) is 12.5. The third-order valence-corrected chi connectivity index (χ3v) is 3.17. The number of hydrogen-bond donors (Lipinski definition) is 0. The van der Waals surface area contributed by atoms with Crippen LogP contribution in [0.2, 0.25) is 0 Å². The summed E-state index contributed by atoms with van der Waals surface area (Å²) >= 11 is 3.26. The van der Waals surface area contributed by atoms with Crippen molar-refractivity contribution >= 4 is 21.5 Å². The van der Waals surface area contributed by atoms with Crippen molar-refractivity contribution in [3.63, 3.8) is 0 Å².